The van der Waals surface area contributed by atoms with Crippen LogP contribution in [0.25, 0.3) is 11.3 Å². The summed E-state index contributed by atoms with van der Waals surface area (Å²) in [4.78, 5) is 20.6. The first-order chi connectivity index (χ1) is 13.6. The van der Waals surface area contributed by atoms with E-state index in [-0.39, 0.29) is 11.1 Å². The molecule has 0 bridgehead atoms. The fourth-order valence-electron chi connectivity index (χ4n) is 3.23. The lowest BCUT2D eigenvalue weighted by Gasteiger charge is -2.35. The smallest absolute Gasteiger partial charge is 0.257 e. The topological polar surface area (TPSA) is 62.2 Å². The number of hydrogen-bond donors (Lipinski definition) is 0. The molecular weight excluding hydrogens is 374 g/mol. The summed E-state index contributed by atoms with van der Waals surface area (Å²) in [6.07, 6.45) is 1.58. The molecule has 0 radical (unpaired) electrons. The SMILES string of the molecule is Cc1ccc(-c2ccc(N3CCN(C(=O)c4cccnc4Cl)CC3)nn2)cc1. The van der Waals surface area contributed by atoms with Crippen molar-refractivity contribution in [1.82, 2.24) is 20.1 Å². The minimum absolute atomic E-state index is 0.0847. The van der Waals surface area contributed by atoms with Crippen LogP contribution in [-0.4, -0.2) is 52.2 Å². The highest BCUT2D eigenvalue weighted by molar-refractivity contribution is 6.32. The second-order valence-electron chi connectivity index (χ2n) is 6.76. The highest BCUT2D eigenvalue weighted by Crippen LogP contribution is 2.21. The zero-order valence-electron chi connectivity index (χ0n) is 15.5. The standard InChI is InChI=1S/C21H20ClN5O/c1-15-4-6-16(7-5-15)18-8-9-19(25-24-18)26-11-13-27(14-12-26)21(28)17-3-2-10-23-20(17)22/h2-10H,11-14H2,1H3. The number of aromatic nitrogens is 3. The van der Waals surface area contributed by atoms with E-state index in [1.165, 1.54) is 5.56 Å². The molecule has 1 amide bonds. The van der Waals surface area contributed by atoms with Crippen molar-refractivity contribution in [3.63, 3.8) is 0 Å². The van der Waals surface area contributed by atoms with Gasteiger partial charge in [0, 0.05) is 37.9 Å². The van der Waals surface area contributed by atoms with Crippen molar-refractivity contribution in [2.45, 2.75) is 6.92 Å². The van der Waals surface area contributed by atoms with Gasteiger partial charge in [-0.25, -0.2) is 4.98 Å². The lowest BCUT2D eigenvalue weighted by Crippen LogP contribution is -2.49. The fraction of sp³-hybridized carbons (Fsp3) is 0.238. The van der Waals surface area contributed by atoms with Crippen LogP contribution in [0, 0.1) is 6.92 Å². The van der Waals surface area contributed by atoms with Gasteiger partial charge >= 0.3 is 0 Å². The molecule has 1 aromatic carbocycles. The molecule has 1 fully saturated rings. The molecule has 4 rings (SSSR count). The molecular formula is C21H20ClN5O. The number of aryl methyl sites for hydroxylation is 1. The van der Waals surface area contributed by atoms with Crippen LogP contribution in [0.4, 0.5) is 5.82 Å². The number of piperazine rings is 1. The highest BCUT2D eigenvalue weighted by atomic mass is 35.5. The number of benzene rings is 1. The second kappa shape index (κ2) is 7.94. The van der Waals surface area contributed by atoms with Crippen molar-refractivity contribution in [3.8, 4) is 11.3 Å². The quantitative estimate of drug-likeness (QED) is 0.637. The monoisotopic (exact) mass is 393 g/mol. The Morgan fingerprint density at radius 2 is 1.71 bits per heavy atom. The predicted molar refractivity (Wildman–Crippen MR) is 110 cm³/mol. The minimum Gasteiger partial charge on any atom is -0.352 e. The Morgan fingerprint density at radius 3 is 2.36 bits per heavy atom. The van der Waals surface area contributed by atoms with Crippen LogP contribution in [0.2, 0.25) is 5.15 Å². The van der Waals surface area contributed by atoms with E-state index >= 15 is 0 Å². The third-order valence-corrected chi connectivity index (χ3v) is 5.18. The van der Waals surface area contributed by atoms with Gasteiger partial charge in [0.15, 0.2) is 5.82 Å². The van der Waals surface area contributed by atoms with Gasteiger partial charge in [-0.05, 0) is 31.2 Å². The number of amides is 1. The van der Waals surface area contributed by atoms with Crippen LogP contribution in [0.5, 0.6) is 0 Å². The van der Waals surface area contributed by atoms with E-state index in [1.54, 1.807) is 23.2 Å². The van der Waals surface area contributed by atoms with E-state index in [9.17, 15) is 4.79 Å². The number of carbonyl (C=O) groups is 1. The second-order valence-corrected chi connectivity index (χ2v) is 7.12. The normalized spacial score (nSPS) is 14.2. The van der Waals surface area contributed by atoms with Gasteiger partial charge in [0.1, 0.15) is 5.15 Å². The third-order valence-electron chi connectivity index (χ3n) is 4.88. The minimum atomic E-state index is -0.0847. The largest absolute Gasteiger partial charge is 0.352 e. The summed E-state index contributed by atoms with van der Waals surface area (Å²) in [5.41, 5.74) is 3.56. The van der Waals surface area contributed by atoms with Crippen molar-refractivity contribution >= 4 is 23.3 Å². The zero-order chi connectivity index (χ0) is 19.5. The molecule has 0 saturated carbocycles. The van der Waals surface area contributed by atoms with E-state index in [0.29, 0.717) is 31.7 Å². The Labute approximate surface area is 168 Å². The fourth-order valence-corrected chi connectivity index (χ4v) is 3.43. The maximum absolute atomic E-state index is 12.6. The Kier molecular flexibility index (Phi) is 5.21. The van der Waals surface area contributed by atoms with Gasteiger partial charge in [-0.3, -0.25) is 4.79 Å². The molecule has 7 heteroatoms. The molecule has 0 spiro atoms. The molecule has 6 nitrogen and oxygen atoms in total. The predicted octanol–water partition coefficient (Wildman–Crippen LogP) is 3.46. The van der Waals surface area contributed by atoms with Gasteiger partial charge in [0.2, 0.25) is 0 Å². The molecule has 142 valence electrons. The summed E-state index contributed by atoms with van der Waals surface area (Å²) in [6.45, 7) is 4.66. The molecule has 2 aromatic heterocycles. The van der Waals surface area contributed by atoms with E-state index in [4.69, 9.17) is 11.6 Å². The van der Waals surface area contributed by atoms with Gasteiger partial charge in [0.05, 0.1) is 11.3 Å². The van der Waals surface area contributed by atoms with Crippen molar-refractivity contribution in [1.29, 1.82) is 0 Å². The number of hydrogen-bond acceptors (Lipinski definition) is 5. The average Bonchev–Trinajstić information content (AvgIpc) is 2.74. The molecule has 3 aromatic rings. The van der Waals surface area contributed by atoms with E-state index < -0.39 is 0 Å². The van der Waals surface area contributed by atoms with Crippen LogP contribution in [0.15, 0.2) is 54.7 Å². The lowest BCUT2D eigenvalue weighted by molar-refractivity contribution is 0.0746. The molecule has 3 heterocycles. The van der Waals surface area contributed by atoms with E-state index in [1.807, 2.05) is 24.3 Å². The Bertz CT molecular complexity index is 967. The zero-order valence-corrected chi connectivity index (χ0v) is 16.3. The van der Waals surface area contributed by atoms with Crippen LogP contribution < -0.4 is 4.90 Å². The third kappa shape index (κ3) is 3.82. The first-order valence-corrected chi connectivity index (χ1v) is 9.55. The summed E-state index contributed by atoms with van der Waals surface area (Å²) in [6, 6.07) is 15.6. The molecule has 0 aliphatic carbocycles. The summed E-state index contributed by atoms with van der Waals surface area (Å²) >= 11 is 6.05. The van der Waals surface area contributed by atoms with Gasteiger partial charge in [0.25, 0.3) is 5.91 Å². The van der Waals surface area contributed by atoms with E-state index in [2.05, 4.69) is 39.1 Å². The van der Waals surface area contributed by atoms with Gasteiger partial charge < -0.3 is 9.80 Å². The Morgan fingerprint density at radius 1 is 0.964 bits per heavy atom. The average molecular weight is 394 g/mol. The van der Waals surface area contributed by atoms with Crippen molar-refractivity contribution in [2.75, 3.05) is 31.1 Å². The van der Waals surface area contributed by atoms with Gasteiger partial charge in [-0.1, -0.05) is 41.4 Å². The van der Waals surface area contributed by atoms with Gasteiger partial charge in [-0.15, -0.1) is 10.2 Å². The van der Waals surface area contributed by atoms with Crippen molar-refractivity contribution in [2.24, 2.45) is 0 Å². The molecule has 0 atom stereocenters. The number of carbonyl (C=O) groups excluding carboxylic acids is 1. The molecule has 1 saturated heterocycles. The van der Waals surface area contributed by atoms with E-state index in [0.717, 1.165) is 17.1 Å². The number of anilines is 1. The molecule has 0 N–H and O–H groups in total. The molecule has 1 aliphatic rings. The summed E-state index contributed by atoms with van der Waals surface area (Å²) in [7, 11) is 0. The summed E-state index contributed by atoms with van der Waals surface area (Å²) in [5, 5.41) is 9.00. The molecule has 28 heavy (non-hydrogen) atoms. The number of rotatable bonds is 3. The Hall–Kier alpha value is -2.99. The van der Waals surface area contributed by atoms with Gasteiger partial charge in [-0.2, -0.15) is 0 Å². The van der Waals surface area contributed by atoms with Crippen molar-refractivity contribution in [3.05, 3.63) is 71.0 Å². The lowest BCUT2D eigenvalue weighted by atomic mass is 10.1. The highest BCUT2D eigenvalue weighted by Gasteiger charge is 2.24. The van der Waals surface area contributed by atoms with Crippen molar-refractivity contribution < 1.29 is 4.79 Å². The summed E-state index contributed by atoms with van der Waals surface area (Å²) in [5.74, 6) is 0.737. The maximum Gasteiger partial charge on any atom is 0.257 e. The maximum atomic E-state index is 12.6. The molecule has 1 aliphatic heterocycles. The van der Waals surface area contributed by atoms with Crippen LogP contribution in [0.1, 0.15) is 15.9 Å². The first-order valence-electron chi connectivity index (χ1n) is 9.17. The number of halogens is 1. The van der Waals surface area contributed by atoms with Crippen LogP contribution in [-0.2, 0) is 0 Å². The number of pyridine rings is 1. The molecule has 0 unspecified atom stereocenters. The Balaban J connectivity index is 1.40. The van der Waals surface area contributed by atoms with Crippen LogP contribution in [0.3, 0.4) is 0 Å². The van der Waals surface area contributed by atoms with Crippen LogP contribution >= 0.6 is 11.6 Å². The summed E-state index contributed by atoms with van der Waals surface area (Å²) < 4.78 is 0. The number of nitrogens with zero attached hydrogens (tertiary/aromatic N) is 5. The first kappa shape index (κ1) is 18.4.